The lowest BCUT2D eigenvalue weighted by Crippen LogP contribution is -2.44. The van der Waals surface area contributed by atoms with Crippen LogP contribution in [0.5, 0.6) is 0 Å². The zero-order chi connectivity index (χ0) is 18.6. The molecular weight excluding hydrogens is 416 g/mol. The molecule has 0 aliphatic carbocycles. The number of halogens is 1. The van der Waals surface area contributed by atoms with E-state index < -0.39 is 10.0 Å². The highest BCUT2D eigenvalue weighted by Crippen LogP contribution is 2.23. The third kappa shape index (κ3) is 4.93. The number of nitrogens with one attached hydrogen (secondary N) is 1. The van der Waals surface area contributed by atoms with E-state index in [4.69, 9.17) is 0 Å². The Morgan fingerprint density at radius 3 is 2.65 bits per heavy atom. The van der Waals surface area contributed by atoms with Crippen LogP contribution in [0.2, 0.25) is 0 Å². The molecule has 0 spiro atoms. The Balaban J connectivity index is 1.65. The number of rotatable bonds is 5. The maximum absolute atomic E-state index is 12.7. The number of anilines is 1. The molecule has 1 amide bonds. The van der Waals surface area contributed by atoms with Gasteiger partial charge in [0, 0.05) is 23.2 Å². The van der Waals surface area contributed by atoms with Crippen LogP contribution in [0.4, 0.5) is 5.69 Å². The highest BCUT2D eigenvalue weighted by atomic mass is 79.9. The molecule has 3 rings (SSSR count). The molecule has 26 heavy (non-hydrogen) atoms. The minimum atomic E-state index is -3.44. The number of amides is 1. The van der Waals surface area contributed by atoms with E-state index in [0.717, 1.165) is 10.0 Å². The molecule has 1 heterocycles. The molecule has 0 aromatic heterocycles. The zero-order valence-corrected chi connectivity index (χ0v) is 16.7. The molecule has 0 bridgehead atoms. The number of hydrogen-bond donors (Lipinski definition) is 1. The van der Waals surface area contributed by atoms with E-state index in [9.17, 15) is 13.2 Å². The summed E-state index contributed by atoms with van der Waals surface area (Å²) in [4.78, 5) is 12.6. The second kappa shape index (κ2) is 8.33. The van der Waals surface area contributed by atoms with Crippen molar-refractivity contribution >= 4 is 37.5 Å². The van der Waals surface area contributed by atoms with E-state index in [-0.39, 0.29) is 24.1 Å². The second-order valence-corrected chi connectivity index (χ2v) is 9.32. The van der Waals surface area contributed by atoms with Crippen molar-refractivity contribution in [2.24, 2.45) is 5.92 Å². The molecule has 2 aromatic carbocycles. The third-order valence-corrected chi connectivity index (χ3v) is 6.74. The summed E-state index contributed by atoms with van der Waals surface area (Å²) in [5, 5.41) is 2.88. The van der Waals surface area contributed by atoms with Crippen LogP contribution in [0.3, 0.4) is 0 Å². The van der Waals surface area contributed by atoms with Gasteiger partial charge in [-0.1, -0.05) is 52.3 Å². The number of piperidine rings is 1. The van der Waals surface area contributed by atoms with Crippen LogP contribution in [-0.2, 0) is 20.6 Å². The fraction of sp³-hybridized carbons (Fsp3) is 0.316. The minimum Gasteiger partial charge on any atom is -0.326 e. The Morgan fingerprint density at radius 1 is 1.15 bits per heavy atom. The van der Waals surface area contributed by atoms with Crippen molar-refractivity contribution < 1.29 is 13.2 Å². The highest BCUT2D eigenvalue weighted by Gasteiger charge is 2.32. The third-order valence-electron chi connectivity index (χ3n) is 4.43. The average molecular weight is 437 g/mol. The Bertz CT molecular complexity index is 871. The van der Waals surface area contributed by atoms with Crippen LogP contribution in [-0.4, -0.2) is 31.7 Å². The number of benzene rings is 2. The summed E-state index contributed by atoms with van der Waals surface area (Å²) in [5.41, 5.74) is 1.46. The molecule has 138 valence electrons. The lowest BCUT2D eigenvalue weighted by molar-refractivity contribution is -0.120. The van der Waals surface area contributed by atoms with Crippen molar-refractivity contribution in [2.45, 2.75) is 18.6 Å². The summed E-state index contributed by atoms with van der Waals surface area (Å²) >= 11 is 3.38. The first-order chi connectivity index (χ1) is 12.4. The van der Waals surface area contributed by atoms with E-state index in [1.807, 2.05) is 42.5 Å². The van der Waals surface area contributed by atoms with Gasteiger partial charge in [-0.15, -0.1) is 0 Å². The smallest absolute Gasteiger partial charge is 0.228 e. The van der Waals surface area contributed by atoms with Crippen molar-refractivity contribution in [3.05, 3.63) is 64.6 Å². The van der Waals surface area contributed by atoms with Gasteiger partial charge in [-0.3, -0.25) is 4.79 Å². The first-order valence-electron chi connectivity index (χ1n) is 8.52. The molecule has 7 heteroatoms. The molecule has 5 nitrogen and oxygen atoms in total. The van der Waals surface area contributed by atoms with E-state index >= 15 is 0 Å². The van der Waals surface area contributed by atoms with Crippen LogP contribution in [0.25, 0.3) is 0 Å². The average Bonchev–Trinajstić information content (AvgIpc) is 2.62. The van der Waals surface area contributed by atoms with Gasteiger partial charge in [-0.25, -0.2) is 12.7 Å². The van der Waals surface area contributed by atoms with Gasteiger partial charge in [-0.2, -0.15) is 0 Å². The molecule has 0 radical (unpaired) electrons. The first-order valence-corrected chi connectivity index (χ1v) is 10.9. The molecule has 1 aliphatic rings. The van der Waals surface area contributed by atoms with Gasteiger partial charge in [0.25, 0.3) is 0 Å². The lowest BCUT2D eigenvalue weighted by Gasteiger charge is -2.31. The Labute approximate surface area is 162 Å². The summed E-state index contributed by atoms with van der Waals surface area (Å²) in [7, 11) is -3.44. The van der Waals surface area contributed by atoms with E-state index in [1.165, 1.54) is 4.31 Å². The molecule has 0 saturated carbocycles. The quantitative estimate of drug-likeness (QED) is 0.777. The summed E-state index contributed by atoms with van der Waals surface area (Å²) in [6.07, 6.45) is 1.38. The van der Waals surface area contributed by atoms with Gasteiger partial charge in [0.1, 0.15) is 0 Å². The van der Waals surface area contributed by atoms with Crippen LogP contribution in [0.1, 0.15) is 18.4 Å². The number of carbonyl (C=O) groups excluding carboxylic acids is 1. The van der Waals surface area contributed by atoms with E-state index in [0.29, 0.717) is 25.1 Å². The zero-order valence-electron chi connectivity index (χ0n) is 14.3. The molecule has 1 atom stereocenters. The molecule has 1 saturated heterocycles. The van der Waals surface area contributed by atoms with Crippen molar-refractivity contribution in [2.75, 3.05) is 18.4 Å². The van der Waals surface area contributed by atoms with Crippen LogP contribution in [0, 0.1) is 5.92 Å². The summed E-state index contributed by atoms with van der Waals surface area (Å²) in [6, 6.07) is 16.5. The van der Waals surface area contributed by atoms with Crippen LogP contribution in [0.15, 0.2) is 59.1 Å². The largest absolute Gasteiger partial charge is 0.326 e. The van der Waals surface area contributed by atoms with E-state index in [1.54, 1.807) is 12.1 Å². The van der Waals surface area contributed by atoms with Gasteiger partial charge in [-0.05, 0) is 36.6 Å². The highest BCUT2D eigenvalue weighted by molar-refractivity contribution is 9.10. The molecular formula is C19H21BrN2O3S. The standard InChI is InChI=1S/C19H21BrN2O3S/c20-17-9-4-10-18(12-17)21-19(23)16-8-5-11-22(13-16)26(24,25)14-15-6-2-1-3-7-15/h1-4,6-7,9-10,12,16H,5,8,11,13-14H2,(H,21,23). The van der Waals surface area contributed by atoms with Gasteiger partial charge in [0.15, 0.2) is 0 Å². The Kier molecular flexibility index (Phi) is 6.11. The van der Waals surface area contributed by atoms with Gasteiger partial charge in [0.05, 0.1) is 11.7 Å². The molecule has 1 fully saturated rings. The van der Waals surface area contributed by atoms with E-state index in [2.05, 4.69) is 21.2 Å². The molecule has 1 unspecified atom stereocenters. The number of sulfonamides is 1. The van der Waals surface area contributed by atoms with Gasteiger partial charge in [0.2, 0.25) is 15.9 Å². The number of carbonyl (C=O) groups is 1. The van der Waals surface area contributed by atoms with Gasteiger partial charge < -0.3 is 5.32 Å². The fourth-order valence-electron chi connectivity index (χ4n) is 3.10. The minimum absolute atomic E-state index is 0.0339. The topological polar surface area (TPSA) is 66.5 Å². The van der Waals surface area contributed by atoms with Crippen molar-refractivity contribution in [3.8, 4) is 0 Å². The second-order valence-electron chi connectivity index (χ2n) is 6.44. The number of hydrogen-bond acceptors (Lipinski definition) is 3. The fourth-order valence-corrected chi connectivity index (χ4v) is 5.11. The normalized spacial score (nSPS) is 18.4. The van der Waals surface area contributed by atoms with Crippen LogP contribution < -0.4 is 5.32 Å². The first kappa shape index (κ1) is 19.1. The summed E-state index contributed by atoms with van der Waals surface area (Å²) in [6.45, 7) is 0.699. The summed E-state index contributed by atoms with van der Waals surface area (Å²) < 4.78 is 27.8. The maximum atomic E-state index is 12.7. The van der Waals surface area contributed by atoms with Gasteiger partial charge >= 0.3 is 0 Å². The van der Waals surface area contributed by atoms with Crippen molar-refractivity contribution in [1.29, 1.82) is 0 Å². The molecule has 2 aromatic rings. The van der Waals surface area contributed by atoms with Crippen molar-refractivity contribution in [1.82, 2.24) is 4.31 Å². The predicted molar refractivity (Wildman–Crippen MR) is 106 cm³/mol. The van der Waals surface area contributed by atoms with Crippen LogP contribution >= 0.6 is 15.9 Å². The number of nitrogens with zero attached hydrogens (tertiary/aromatic N) is 1. The SMILES string of the molecule is O=C(Nc1cccc(Br)c1)C1CCCN(S(=O)(=O)Cc2ccccc2)C1. The Hall–Kier alpha value is -1.70. The monoisotopic (exact) mass is 436 g/mol. The lowest BCUT2D eigenvalue weighted by atomic mass is 9.99. The predicted octanol–water partition coefficient (Wildman–Crippen LogP) is 3.63. The van der Waals surface area contributed by atoms with Crippen molar-refractivity contribution in [3.63, 3.8) is 0 Å². The Morgan fingerprint density at radius 2 is 1.92 bits per heavy atom. The molecule has 1 N–H and O–H groups in total. The maximum Gasteiger partial charge on any atom is 0.228 e. The molecule has 1 aliphatic heterocycles. The summed E-state index contributed by atoms with van der Waals surface area (Å²) in [5.74, 6) is -0.510.